The number of hydrogen-bond donors (Lipinski definition) is 2. The molecule has 1 heterocycles. The van der Waals surface area contributed by atoms with Gasteiger partial charge in [-0.15, -0.1) is 0 Å². The van der Waals surface area contributed by atoms with Crippen LogP contribution in [0.2, 0.25) is 0 Å². The Labute approximate surface area is 115 Å². The first-order valence-electron chi connectivity index (χ1n) is 7.05. The molecule has 2 rings (SSSR count). The SMILES string of the molecule is CNc1nc(C2CC2)nc(NCCCCOC)c1C. The van der Waals surface area contributed by atoms with Crippen molar-refractivity contribution in [3.63, 3.8) is 0 Å². The van der Waals surface area contributed by atoms with Gasteiger partial charge in [0.2, 0.25) is 0 Å². The molecule has 0 bridgehead atoms. The van der Waals surface area contributed by atoms with Crippen LogP contribution in [0.5, 0.6) is 0 Å². The summed E-state index contributed by atoms with van der Waals surface area (Å²) in [6.45, 7) is 3.80. The summed E-state index contributed by atoms with van der Waals surface area (Å²) < 4.78 is 5.05. The lowest BCUT2D eigenvalue weighted by molar-refractivity contribution is 0.194. The van der Waals surface area contributed by atoms with Crippen LogP contribution in [0.1, 0.15) is 43.0 Å². The van der Waals surface area contributed by atoms with Crippen LogP contribution in [-0.4, -0.2) is 37.3 Å². The molecule has 0 atom stereocenters. The number of aromatic nitrogens is 2. The normalized spacial score (nSPS) is 14.5. The zero-order valence-electron chi connectivity index (χ0n) is 12.1. The third-order valence-electron chi connectivity index (χ3n) is 3.41. The van der Waals surface area contributed by atoms with Gasteiger partial charge in [-0.1, -0.05) is 0 Å². The fourth-order valence-corrected chi connectivity index (χ4v) is 2.05. The van der Waals surface area contributed by atoms with Gasteiger partial charge < -0.3 is 15.4 Å². The minimum atomic E-state index is 0.571. The molecular weight excluding hydrogens is 240 g/mol. The van der Waals surface area contributed by atoms with E-state index in [4.69, 9.17) is 4.74 Å². The molecule has 0 aromatic carbocycles. The van der Waals surface area contributed by atoms with Gasteiger partial charge in [0.05, 0.1) is 0 Å². The lowest BCUT2D eigenvalue weighted by Crippen LogP contribution is -2.10. The number of nitrogens with zero attached hydrogens (tertiary/aromatic N) is 2. The molecule has 1 saturated carbocycles. The van der Waals surface area contributed by atoms with Gasteiger partial charge >= 0.3 is 0 Å². The third kappa shape index (κ3) is 3.80. The van der Waals surface area contributed by atoms with Crippen LogP contribution >= 0.6 is 0 Å². The topological polar surface area (TPSA) is 59.1 Å². The second kappa shape index (κ2) is 6.70. The van der Waals surface area contributed by atoms with Crippen molar-refractivity contribution in [1.29, 1.82) is 0 Å². The monoisotopic (exact) mass is 264 g/mol. The predicted molar refractivity (Wildman–Crippen MR) is 77.9 cm³/mol. The van der Waals surface area contributed by atoms with Crippen LogP contribution in [0.15, 0.2) is 0 Å². The Balaban J connectivity index is 1.99. The maximum atomic E-state index is 5.05. The highest BCUT2D eigenvalue weighted by atomic mass is 16.5. The summed E-state index contributed by atoms with van der Waals surface area (Å²) in [5, 5.41) is 6.58. The zero-order valence-corrected chi connectivity index (χ0v) is 12.1. The molecular formula is C14H24N4O. The first-order valence-corrected chi connectivity index (χ1v) is 7.05. The van der Waals surface area contributed by atoms with Gasteiger partial charge in [-0.05, 0) is 32.6 Å². The molecule has 0 aliphatic heterocycles. The molecule has 19 heavy (non-hydrogen) atoms. The smallest absolute Gasteiger partial charge is 0.136 e. The number of unbranched alkanes of at least 4 members (excludes halogenated alkanes) is 1. The highest BCUT2D eigenvalue weighted by molar-refractivity contribution is 5.57. The molecule has 5 nitrogen and oxygen atoms in total. The van der Waals surface area contributed by atoms with Crippen molar-refractivity contribution >= 4 is 11.6 Å². The van der Waals surface area contributed by atoms with E-state index in [9.17, 15) is 0 Å². The number of methoxy groups -OCH3 is 1. The van der Waals surface area contributed by atoms with Gasteiger partial charge in [0, 0.05) is 38.8 Å². The Kier molecular flexibility index (Phi) is 4.96. The van der Waals surface area contributed by atoms with E-state index in [0.29, 0.717) is 5.92 Å². The molecule has 106 valence electrons. The molecule has 0 amide bonds. The number of rotatable bonds is 8. The maximum Gasteiger partial charge on any atom is 0.136 e. The number of hydrogen-bond acceptors (Lipinski definition) is 5. The average molecular weight is 264 g/mol. The Bertz CT molecular complexity index is 418. The van der Waals surface area contributed by atoms with Crippen LogP contribution in [-0.2, 0) is 4.74 Å². The van der Waals surface area contributed by atoms with E-state index in [1.165, 1.54) is 12.8 Å². The summed E-state index contributed by atoms with van der Waals surface area (Å²) in [5.74, 6) is 3.46. The van der Waals surface area contributed by atoms with E-state index >= 15 is 0 Å². The fourth-order valence-electron chi connectivity index (χ4n) is 2.05. The van der Waals surface area contributed by atoms with E-state index in [-0.39, 0.29) is 0 Å². The quantitative estimate of drug-likeness (QED) is 0.707. The minimum Gasteiger partial charge on any atom is -0.385 e. The summed E-state index contributed by atoms with van der Waals surface area (Å²) in [5.41, 5.74) is 1.10. The third-order valence-corrected chi connectivity index (χ3v) is 3.41. The van der Waals surface area contributed by atoms with Crippen LogP contribution < -0.4 is 10.6 Å². The number of anilines is 2. The zero-order chi connectivity index (χ0) is 13.7. The first-order chi connectivity index (χ1) is 9.26. The second-order valence-corrected chi connectivity index (χ2v) is 5.05. The molecule has 1 aromatic rings. The molecule has 1 fully saturated rings. The van der Waals surface area contributed by atoms with Crippen molar-refractivity contribution in [2.75, 3.05) is 37.9 Å². The minimum absolute atomic E-state index is 0.571. The van der Waals surface area contributed by atoms with Gasteiger partial charge in [-0.25, -0.2) is 9.97 Å². The van der Waals surface area contributed by atoms with E-state index < -0.39 is 0 Å². The summed E-state index contributed by atoms with van der Waals surface area (Å²) in [6, 6.07) is 0. The Morgan fingerprint density at radius 3 is 2.58 bits per heavy atom. The molecule has 2 N–H and O–H groups in total. The van der Waals surface area contributed by atoms with Crippen molar-refractivity contribution in [2.45, 2.75) is 38.5 Å². The van der Waals surface area contributed by atoms with Crippen LogP contribution in [0.3, 0.4) is 0 Å². The summed E-state index contributed by atoms with van der Waals surface area (Å²) in [4.78, 5) is 9.26. The molecule has 1 aromatic heterocycles. The van der Waals surface area contributed by atoms with Crippen LogP contribution in [0.25, 0.3) is 0 Å². The largest absolute Gasteiger partial charge is 0.385 e. The van der Waals surface area contributed by atoms with Crippen LogP contribution in [0.4, 0.5) is 11.6 Å². The lowest BCUT2D eigenvalue weighted by Gasteiger charge is -2.13. The summed E-state index contributed by atoms with van der Waals surface area (Å²) >= 11 is 0. The molecule has 0 spiro atoms. The van der Waals surface area contributed by atoms with Crippen LogP contribution in [0, 0.1) is 6.92 Å². The van der Waals surface area contributed by atoms with Crippen molar-refractivity contribution in [3.8, 4) is 0 Å². The molecule has 0 radical (unpaired) electrons. The maximum absolute atomic E-state index is 5.05. The molecule has 0 saturated heterocycles. The summed E-state index contributed by atoms with van der Waals surface area (Å²) in [6.07, 6.45) is 4.60. The lowest BCUT2D eigenvalue weighted by atomic mass is 10.2. The second-order valence-electron chi connectivity index (χ2n) is 5.05. The van der Waals surface area contributed by atoms with Gasteiger partial charge in [0.1, 0.15) is 17.5 Å². The standard InChI is InChI=1S/C14H24N4O/c1-10-12(15-2)17-14(11-6-7-11)18-13(10)16-8-4-5-9-19-3/h11H,4-9H2,1-3H3,(H2,15,16,17,18). The van der Waals surface area contributed by atoms with E-state index in [1.807, 2.05) is 7.05 Å². The van der Waals surface area contributed by atoms with Crippen molar-refractivity contribution < 1.29 is 4.74 Å². The van der Waals surface area contributed by atoms with Gasteiger partial charge in [-0.2, -0.15) is 0 Å². The van der Waals surface area contributed by atoms with E-state index in [2.05, 4.69) is 27.5 Å². The molecule has 0 unspecified atom stereocenters. The van der Waals surface area contributed by atoms with Crippen molar-refractivity contribution in [1.82, 2.24) is 9.97 Å². The first kappa shape index (κ1) is 14.1. The Morgan fingerprint density at radius 1 is 1.21 bits per heavy atom. The Morgan fingerprint density at radius 2 is 1.95 bits per heavy atom. The molecule has 1 aliphatic carbocycles. The predicted octanol–water partition coefficient (Wildman–Crippen LogP) is 2.54. The van der Waals surface area contributed by atoms with Gasteiger partial charge in [0.25, 0.3) is 0 Å². The highest BCUT2D eigenvalue weighted by Crippen LogP contribution is 2.39. The fraction of sp³-hybridized carbons (Fsp3) is 0.714. The van der Waals surface area contributed by atoms with E-state index in [0.717, 1.165) is 49.0 Å². The van der Waals surface area contributed by atoms with Crippen molar-refractivity contribution in [2.24, 2.45) is 0 Å². The molecule has 5 heteroatoms. The van der Waals surface area contributed by atoms with Gasteiger partial charge in [-0.3, -0.25) is 0 Å². The molecule has 1 aliphatic rings. The van der Waals surface area contributed by atoms with Gasteiger partial charge in [0.15, 0.2) is 0 Å². The number of nitrogens with one attached hydrogen (secondary N) is 2. The summed E-state index contributed by atoms with van der Waals surface area (Å²) in [7, 11) is 3.65. The Hall–Kier alpha value is -1.36. The van der Waals surface area contributed by atoms with Crippen molar-refractivity contribution in [3.05, 3.63) is 11.4 Å². The number of ether oxygens (including phenoxy) is 1. The highest BCUT2D eigenvalue weighted by Gasteiger charge is 2.28. The average Bonchev–Trinajstić information content (AvgIpc) is 3.24. The van der Waals surface area contributed by atoms with E-state index in [1.54, 1.807) is 7.11 Å².